The highest BCUT2D eigenvalue weighted by Gasteiger charge is 2.27. The quantitative estimate of drug-likeness (QED) is 0.728. The van der Waals surface area contributed by atoms with Gasteiger partial charge in [0.15, 0.2) is 0 Å². The van der Waals surface area contributed by atoms with Crippen LogP contribution in [-0.2, 0) is 16.1 Å². The van der Waals surface area contributed by atoms with Crippen LogP contribution in [0.1, 0.15) is 19.8 Å². The lowest BCUT2D eigenvalue weighted by Crippen LogP contribution is -2.48. The molecule has 1 fully saturated rings. The monoisotopic (exact) mass is 266 g/mol. The fraction of sp³-hybridized carbons (Fsp3) is 0.583. The van der Waals surface area contributed by atoms with E-state index in [9.17, 15) is 9.59 Å². The number of aliphatic carboxylic acids is 1. The minimum absolute atomic E-state index is 0.0953. The van der Waals surface area contributed by atoms with Gasteiger partial charge in [0.05, 0.1) is 17.9 Å². The molecule has 1 amide bonds. The van der Waals surface area contributed by atoms with Crippen molar-refractivity contribution >= 4 is 17.6 Å². The number of carbonyl (C=O) groups excluding carboxylic acids is 1. The summed E-state index contributed by atoms with van der Waals surface area (Å²) >= 11 is 0. The minimum Gasteiger partial charge on any atom is -0.480 e. The summed E-state index contributed by atoms with van der Waals surface area (Å²) < 4.78 is 1.27. The zero-order valence-electron chi connectivity index (χ0n) is 10.8. The van der Waals surface area contributed by atoms with Crippen molar-refractivity contribution < 1.29 is 14.7 Å². The van der Waals surface area contributed by atoms with E-state index in [0.29, 0.717) is 11.6 Å². The van der Waals surface area contributed by atoms with Crippen molar-refractivity contribution in [3.05, 3.63) is 12.4 Å². The molecule has 1 aromatic heterocycles. The van der Waals surface area contributed by atoms with E-state index in [1.165, 1.54) is 17.1 Å². The van der Waals surface area contributed by atoms with Crippen LogP contribution in [0.15, 0.2) is 12.4 Å². The molecule has 7 nitrogen and oxygen atoms in total. The Balaban J connectivity index is 1.94. The van der Waals surface area contributed by atoms with Crippen LogP contribution in [0.3, 0.4) is 0 Å². The van der Waals surface area contributed by atoms with E-state index < -0.39 is 5.97 Å². The van der Waals surface area contributed by atoms with Crippen molar-refractivity contribution in [1.29, 1.82) is 0 Å². The normalized spacial score (nSPS) is 23.0. The van der Waals surface area contributed by atoms with Gasteiger partial charge in [-0.2, -0.15) is 5.10 Å². The van der Waals surface area contributed by atoms with Gasteiger partial charge in [0, 0.05) is 6.20 Å². The van der Waals surface area contributed by atoms with Crippen LogP contribution in [0.5, 0.6) is 0 Å². The van der Waals surface area contributed by atoms with Crippen molar-refractivity contribution in [2.75, 3.05) is 11.9 Å². The number of carboxylic acid groups (broad SMARTS) is 1. The Bertz CT molecular complexity index is 471. The summed E-state index contributed by atoms with van der Waals surface area (Å²) in [5, 5.41) is 18.5. The summed E-state index contributed by atoms with van der Waals surface area (Å²) in [7, 11) is 0. The molecule has 2 heterocycles. The topological polar surface area (TPSA) is 96.3 Å². The zero-order valence-corrected chi connectivity index (χ0v) is 10.8. The third-order valence-electron chi connectivity index (χ3n) is 3.25. The molecule has 2 unspecified atom stereocenters. The molecule has 1 aliphatic rings. The van der Waals surface area contributed by atoms with E-state index in [1.807, 2.05) is 6.92 Å². The Morgan fingerprint density at radius 1 is 1.63 bits per heavy atom. The second kappa shape index (κ2) is 5.83. The Morgan fingerprint density at radius 3 is 3.11 bits per heavy atom. The van der Waals surface area contributed by atoms with E-state index in [1.54, 1.807) is 0 Å². The Kier molecular flexibility index (Phi) is 4.16. The number of carboxylic acids is 1. The van der Waals surface area contributed by atoms with Gasteiger partial charge in [-0.15, -0.1) is 0 Å². The smallest absolute Gasteiger partial charge is 0.325 e. The molecule has 19 heavy (non-hydrogen) atoms. The van der Waals surface area contributed by atoms with Gasteiger partial charge in [-0.3, -0.25) is 14.3 Å². The van der Waals surface area contributed by atoms with Crippen molar-refractivity contribution in [2.24, 2.45) is 5.92 Å². The van der Waals surface area contributed by atoms with Crippen LogP contribution < -0.4 is 10.6 Å². The number of aromatic nitrogens is 2. The molecule has 0 aliphatic carbocycles. The summed E-state index contributed by atoms with van der Waals surface area (Å²) in [6, 6.07) is -0.198. The maximum atomic E-state index is 12.1. The lowest BCUT2D eigenvalue weighted by Gasteiger charge is -2.28. The number of nitrogens with one attached hydrogen (secondary N) is 2. The van der Waals surface area contributed by atoms with E-state index >= 15 is 0 Å². The largest absolute Gasteiger partial charge is 0.480 e. The summed E-state index contributed by atoms with van der Waals surface area (Å²) in [6.07, 6.45) is 5.08. The average Bonchev–Trinajstić information content (AvgIpc) is 2.76. The molecule has 104 valence electrons. The highest BCUT2D eigenvalue weighted by atomic mass is 16.4. The molecule has 1 aromatic rings. The molecule has 3 N–H and O–H groups in total. The minimum atomic E-state index is -0.969. The number of nitrogens with zero attached hydrogens (tertiary/aromatic N) is 2. The Morgan fingerprint density at radius 2 is 2.42 bits per heavy atom. The zero-order chi connectivity index (χ0) is 13.8. The average molecular weight is 266 g/mol. The van der Waals surface area contributed by atoms with Crippen molar-refractivity contribution in [3.8, 4) is 0 Å². The number of rotatable bonds is 4. The van der Waals surface area contributed by atoms with Crippen LogP contribution in [-0.4, -0.2) is 39.4 Å². The van der Waals surface area contributed by atoms with E-state index in [4.69, 9.17) is 5.11 Å². The van der Waals surface area contributed by atoms with Gasteiger partial charge in [-0.1, -0.05) is 6.92 Å². The molecule has 0 saturated carbocycles. The predicted molar refractivity (Wildman–Crippen MR) is 68.7 cm³/mol. The molecule has 0 radical (unpaired) electrons. The van der Waals surface area contributed by atoms with Crippen molar-refractivity contribution in [3.63, 3.8) is 0 Å². The van der Waals surface area contributed by atoms with Crippen molar-refractivity contribution in [1.82, 2.24) is 15.1 Å². The second-order valence-electron chi connectivity index (χ2n) is 4.86. The third-order valence-corrected chi connectivity index (χ3v) is 3.25. The molecular formula is C12H18N4O3. The van der Waals surface area contributed by atoms with Gasteiger partial charge in [-0.25, -0.2) is 0 Å². The molecular weight excluding hydrogens is 248 g/mol. The standard InChI is InChI=1S/C12H18N4O3/c1-8-3-2-4-13-11(8)12(19)15-9-5-14-16(6-9)7-10(17)18/h5-6,8,11,13H,2-4,7H2,1H3,(H,15,19)(H,17,18). The first-order valence-electron chi connectivity index (χ1n) is 6.35. The first-order valence-corrected chi connectivity index (χ1v) is 6.35. The van der Waals surface area contributed by atoms with Gasteiger partial charge in [-0.05, 0) is 25.3 Å². The summed E-state index contributed by atoms with van der Waals surface area (Å²) in [5.41, 5.74) is 0.519. The van der Waals surface area contributed by atoms with Crippen molar-refractivity contribution in [2.45, 2.75) is 32.4 Å². The number of piperidine rings is 1. The number of hydrogen-bond donors (Lipinski definition) is 3. The molecule has 2 rings (SSSR count). The SMILES string of the molecule is CC1CCCNC1C(=O)Nc1cnn(CC(=O)O)c1. The summed E-state index contributed by atoms with van der Waals surface area (Å²) in [6.45, 7) is 2.68. The fourth-order valence-electron chi connectivity index (χ4n) is 2.27. The number of carbonyl (C=O) groups is 2. The first-order chi connectivity index (χ1) is 9.06. The highest BCUT2D eigenvalue weighted by molar-refractivity contribution is 5.94. The summed E-state index contributed by atoms with van der Waals surface area (Å²) in [4.78, 5) is 22.6. The van der Waals surface area contributed by atoms with Crippen LogP contribution in [0, 0.1) is 5.92 Å². The van der Waals surface area contributed by atoms with Crippen LogP contribution in [0.2, 0.25) is 0 Å². The number of anilines is 1. The number of hydrogen-bond acceptors (Lipinski definition) is 4. The molecule has 0 spiro atoms. The van der Waals surface area contributed by atoms with Gasteiger partial charge in [0.25, 0.3) is 0 Å². The Hall–Kier alpha value is -1.89. The predicted octanol–water partition coefficient (Wildman–Crippen LogP) is 0.294. The molecule has 1 aliphatic heterocycles. The fourth-order valence-corrected chi connectivity index (χ4v) is 2.27. The molecule has 1 saturated heterocycles. The van der Waals surface area contributed by atoms with E-state index in [0.717, 1.165) is 19.4 Å². The molecule has 0 aromatic carbocycles. The second-order valence-corrected chi connectivity index (χ2v) is 4.86. The highest BCUT2D eigenvalue weighted by Crippen LogP contribution is 2.17. The molecule has 7 heteroatoms. The Labute approximate surface area is 111 Å². The summed E-state index contributed by atoms with van der Waals surface area (Å²) in [5.74, 6) is -0.770. The molecule has 2 atom stereocenters. The van der Waals surface area contributed by atoms with Crippen LogP contribution >= 0.6 is 0 Å². The van der Waals surface area contributed by atoms with Gasteiger partial charge in [0.1, 0.15) is 6.54 Å². The molecule has 0 bridgehead atoms. The third kappa shape index (κ3) is 3.54. The maximum absolute atomic E-state index is 12.1. The van der Waals surface area contributed by atoms with Gasteiger partial charge >= 0.3 is 5.97 Å². The maximum Gasteiger partial charge on any atom is 0.325 e. The van der Waals surface area contributed by atoms with Gasteiger partial charge < -0.3 is 15.7 Å². The van der Waals surface area contributed by atoms with E-state index in [2.05, 4.69) is 15.7 Å². The van der Waals surface area contributed by atoms with Crippen LogP contribution in [0.4, 0.5) is 5.69 Å². The number of amides is 1. The van der Waals surface area contributed by atoms with Crippen LogP contribution in [0.25, 0.3) is 0 Å². The van der Waals surface area contributed by atoms with E-state index in [-0.39, 0.29) is 18.5 Å². The lowest BCUT2D eigenvalue weighted by molar-refractivity contribution is -0.137. The van der Waals surface area contributed by atoms with Gasteiger partial charge in [0.2, 0.25) is 5.91 Å². The first kappa shape index (κ1) is 13.5. The lowest BCUT2D eigenvalue weighted by atomic mass is 9.92.